The van der Waals surface area contributed by atoms with Crippen molar-refractivity contribution in [1.82, 2.24) is 0 Å². The van der Waals surface area contributed by atoms with Crippen LogP contribution in [0.5, 0.6) is 0 Å². The molecule has 0 amide bonds. The van der Waals surface area contributed by atoms with Gasteiger partial charge < -0.3 is 0 Å². The summed E-state index contributed by atoms with van der Waals surface area (Å²) in [6.07, 6.45) is 18.7. The van der Waals surface area contributed by atoms with Gasteiger partial charge in [-0.15, -0.1) is 0 Å². The highest BCUT2D eigenvalue weighted by Crippen LogP contribution is 2.44. The zero-order valence-electron chi connectivity index (χ0n) is 16.4. The van der Waals surface area contributed by atoms with Gasteiger partial charge in [0.25, 0.3) is 0 Å². The van der Waals surface area contributed by atoms with E-state index in [2.05, 4.69) is 45.0 Å². The Balaban J connectivity index is 2.14. The number of benzene rings is 1. The molecule has 24 heavy (non-hydrogen) atoms. The second-order valence-corrected chi connectivity index (χ2v) is 7.60. The van der Waals surface area contributed by atoms with Gasteiger partial charge in [0, 0.05) is 5.92 Å². The summed E-state index contributed by atoms with van der Waals surface area (Å²) in [5.74, 6) is 0.723. The molecule has 0 heterocycles. The van der Waals surface area contributed by atoms with Crippen LogP contribution in [0, 0.1) is 0 Å². The minimum absolute atomic E-state index is 0.723. The van der Waals surface area contributed by atoms with Crippen molar-refractivity contribution >= 4 is 6.08 Å². The summed E-state index contributed by atoms with van der Waals surface area (Å²) in [4.78, 5) is 0. The minimum Gasteiger partial charge on any atom is -0.0654 e. The average molecular weight is 327 g/mol. The first-order chi connectivity index (χ1) is 11.8. The van der Waals surface area contributed by atoms with Crippen LogP contribution in [0.1, 0.15) is 114 Å². The SMILES string of the molecule is CCCCCC1=Cc2cccc(CCCCC)c2C1CCCCC. The largest absolute Gasteiger partial charge is 0.0654 e. The first-order valence-corrected chi connectivity index (χ1v) is 10.6. The third-order valence-corrected chi connectivity index (χ3v) is 5.58. The van der Waals surface area contributed by atoms with E-state index in [1.165, 1.54) is 82.6 Å². The second-order valence-electron chi connectivity index (χ2n) is 7.60. The maximum atomic E-state index is 2.55. The lowest BCUT2D eigenvalue weighted by molar-refractivity contribution is 0.589. The summed E-state index contributed by atoms with van der Waals surface area (Å²) in [5.41, 5.74) is 6.62. The van der Waals surface area contributed by atoms with Gasteiger partial charge in [0.05, 0.1) is 0 Å². The van der Waals surface area contributed by atoms with Gasteiger partial charge in [-0.2, -0.15) is 0 Å². The average Bonchev–Trinajstić information content (AvgIpc) is 2.94. The maximum absolute atomic E-state index is 2.55. The lowest BCUT2D eigenvalue weighted by atomic mass is 9.84. The van der Waals surface area contributed by atoms with E-state index in [9.17, 15) is 0 Å². The zero-order chi connectivity index (χ0) is 17.2. The normalized spacial score (nSPS) is 16.3. The van der Waals surface area contributed by atoms with E-state index >= 15 is 0 Å². The summed E-state index contributed by atoms with van der Waals surface area (Å²) < 4.78 is 0. The number of fused-ring (bicyclic) bond motifs is 1. The van der Waals surface area contributed by atoms with E-state index in [1.54, 1.807) is 16.7 Å². The minimum atomic E-state index is 0.723. The molecule has 1 aliphatic rings. The number of aryl methyl sites for hydroxylation is 1. The molecule has 1 unspecified atom stereocenters. The summed E-state index contributed by atoms with van der Waals surface area (Å²) in [5, 5.41) is 0. The van der Waals surface area contributed by atoms with Crippen molar-refractivity contribution in [1.29, 1.82) is 0 Å². The topological polar surface area (TPSA) is 0 Å². The Kier molecular flexibility index (Phi) is 8.64. The van der Waals surface area contributed by atoms with Crippen molar-refractivity contribution in [3.05, 3.63) is 40.5 Å². The van der Waals surface area contributed by atoms with Crippen LogP contribution < -0.4 is 0 Å². The highest BCUT2D eigenvalue weighted by Gasteiger charge is 2.26. The molecule has 1 aromatic carbocycles. The predicted octanol–water partition coefficient (Wildman–Crippen LogP) is 8.06. The fourth-order valence-corrected chi connectivity index (χ4v) is 4.21. The molecule has 0 saturated heterocycles. The van der Waals surface area contributed by atoms with Crippen molar-refractivity contribution in [3.8, 4) is 0 Å². The van der Waals surface area contributed by atoms with E-state index in [4.69, 9.17) is 0 Å². The molecule has 1 aliphatic carbocycles. The number of rotatable bonds is 12. The van der Waals surface area contributed by atoms with Crippen molar-refractivity contribution in [2.45, 2.75) is 104 Å². The molecular weight excluding hydrogens is 288 g/mol. The Morgan fingerprint density at radius 3 is 2.12 bits per heavy atom. The molecule has 0 bridgehead atoms. The Morgan fingerprint density at radius 1 is 0.750 bits per heavy atom. The molecule has 0 fully saturated rings. The van der Waals surface area contributed by atoms with E-state index in [0.717, 1.165) is 5.92 Å². The van der Waals surface area contributed by atoms with E-state index in [-0.39, 0.29) is 0 Å². The van der Waals surface area contributed by atoms with E-state index in [0.29, 0.717) is 0 Å². The maximum Gasteiger partial charge on any atom is 0.00601 e. The van der Waals surface area contributed by atoms with Gasteiger partial charge >= 0.3 is 0 Å². The molecule has 0 aromatic heterocycles. The van der Waals surface area contributed by atoms with Gasteiger partial charge in [0.2, 0.25) is 0 Å². The third kappa shape index (κ3) is 5.23. The molecule has 0 heteroatoms. The highest BCUT2D eigenvalue weighted by molar-refractivity contribution is 5.68. The lowest BCUT2D eigenvalue weighted by Crippen LogP contribution is -2.04. The smallest absolute Gasteiger partial charge is 0.00601 e. The molecule has 0 N–H and O–H groups in total. The van der Waals surface area contributed by atoms with Crippen molar-refractivity contribution in [3.63, 3.8) is 0 Å². The Labute approximate surface area is 150 Å². The van der Waals surface area contributed by atoms with Crippen LogP contribution in [0.15, 0.2) is 23.8 Å². The molecule has 0 saturated carbocycles. The molecule has 2 rings (SSSR count). The Bertz CT molecular complexity index is 509. The number of unbranched alkanes of at least 4 members (excludes halogenated alkanes) is 6. The second kappa shape index (κ2) is 10.7. The van der Waals surface area contributed by atoms with E-state index < -0.39 is 0 Å². The molecule has 0 nitrogen and oxygen atoms in total. The van der Waals surface area contributed by atoms with Gasteiger partial charge in [-0.1, -0.05) is 95.6 Å². The van der Waals surface area contributed by atoms with Gasteiger partial charge in [-0.3, -0.25) is 0 Å². The van der Waals surface area contributed by atoms with Gasteiger partial charge in [0.15, 0.2) is 0 Å². The zero-order valence-corrected chi connectivity index (χ0v) is 16.4. The molecule has 0 spiro atoms. The van der Waals surface area contributed by atoms with Crippen LogP contribution in [0.25, 0.3) is 6.08 Å². The highest BCUT2D eigenvalue weighted by atomic mass is 14.3. The first kappa shape index (κ1) is 19.3. The standard InChI is InChI=1S/C24H38/c1-4-7-10-14-20-16-13-17-22-19-21(15-11-8-5-2)23(24(20)22)18-12-9-6-3/h13,16-17,19,23H,4-12,14-15,18H2,1-3H3. The summed E-state index contributed by atoms with van der Waals surface area (Å²) >= 11 is 0. The van der Waals surface area contributed by atoms with Crippen LogP contribution in [-0.2, 0) is 6.42 Å². The summed E-state index contributed by atoms with van der Waals surface area (Å²) in [7, 11) is 0. The number of allylic oxidation sites excluding steroid dienone is 1. The lowest BCUT2D eigenvalue weighted by Gasteiger charge is -2.20. The fourth-order valence-electron chi connectivity index (χ4n) is 4.21. The van der Waals surface area contributed by atoms with Crippen LogP contribution in [-0.4, -0.2) is 0 Å². The molecule has 1 aromatic rings. The summed E-state index contributed by atoms with van der Waals surface area (Å²) in [6.45, 7) is 6.93. The number of hydrogen-bond donors (Lipinski definition) is 0. The van der Waals surface area contributed by atoms with Crippen molar-refractivity contribution in [2.24, 2.45) is 0 Å². The third-order valence-electron chi connectivity index (χ3n) is 5.58. The van der Waals surface area contributed by atoms with Gasteiger partial charge in [-0.05, 0) is 48.8 Å². The monoisotopic (exact) mass is 326 g/mol. The van der Waals surface area contributed by atoms with Crippen LogP contribution in [0.4, 0.5) is 0 Å². The molecule has 0 radical (unpaired) electrons. The Morgan fingerprint density at radius 2 is 1.42 bits per heavy atom. The first-order valence-electron chi connectivity index (χ1n) is 10.6. The van der Waals surface area contributed by atoms with Gasteiger partial charge in [0.1, 0.15) is 0 Å². The van der Waals surface area contributed by atoms with Crippen molar-refractivity contribution in [2.75, 3.05) is 0 Å². The van der Waals surface area contributed by atoms with E-state index in [1.807, 2.05) is 0 Å². The molecule has 134 valence electrons. The fraction of sp³-hybridized carbons (Fsp3) is 0.667. The Hall–Kier alpha value is -1.04. The van der Waals surface area contributed by atoms with Crippen LogP contribution in [0.2, 0.25) is 0 Å². The molecule has 0 aliphatic heterocycles. The number of hydrogen-bond acceptors (Lipinski definition) is 0. The molecule has 1 atom stereocenters. The quantitative estimate of drug-likeness (QED) is 0.341. The van der Waals surface area contributed by atoms with Crippen LogP contribution >= 0.6 is 0 Å². The van der Waals surface area contributed by atoms with Gasteiger partial charge in [-0.25, -0.2) is 0 Å². The van der Waals surface area contributed by atoms with Crippen LogP contribution in [0.3, 0.4) is 0 Å². The summed E-state index contributed by atoms with van der Waals surface area (Å²) in [6, 6.07) is 7.05. The van der Waals surface area contributed by atoms with Crippen molar-refractivity contribution < 1.29 is 0 Å². The molecular formula is C24H38. The predicted molar refractivity (Wildman–Crippen MR) is 109 cm³/mol.